The first-order valence-corrected chi connectivity index (χ1v) is 8.34. The molecular formula is C14H15ClN4OS. The normalized spacial score (nSPS) is 21.4. The average molecular weight is 323 g/mol. The highest BCUT2D eigenvalue weighted by Crippen LogP contribution is 2.39. The number of carbonyl (C=O) groups excluding carboxylic acids is 1. The molecule has 2 aromatic heterocycles. The number of halogens is 1. The zero-order valence-electron chi connectivity index (χ0n) is 11.6. The Hall–Kier alpha value is -1.40. The Bertz CT molecular complexity index is 706. The highest BCUT2D eigenvalue weighted by Gasteiger charge is 2.35. The minimum atomic E-state index is -0.0490. The second-order valence-corrected chi connectivity index (χ2v) is 7.32. The second kappa shape index (κ2) is 4.81. The van der Waals surface area contributed by atoms with Crippen LogP contribution in [0.5, 0.6) is 0 Å². The van der Waals surface area contributed by atoms with Crippen molar-refractivity contribution in [3.8, 4) is 0 Å². The van der Waals surface area contributed by atoms with Crippen LogP contribution in [0.2, 0.25) is 4.34 Å². The standard InChI is InChI=1S/C14H15ClN4OS/c1-8-13-16-12(9-2-3-9)17-19(13)7-6-18(8)14(20)10-4-5-11(15)21-10/h4-5,8-9H,2-3,6-7H2,1H3/t8-/m1/s1. The van der Waals surface area contributed by atoms with E-state index in [1.165, 1.54) is 24.2 Å². The van der Waals surface area contributed by atoms with Gasteiger partial charge in [0.05, 0.1) is 21.8 Å². The van der Waals surface area contributed by atoms with Crippen LogP contribution >= 0.6 is 22.9 Å². The number of hydrogen-bond acceptors (Lipinski definition) is 4. The third-order valence-corrected chi connectivity index (χ3v) is 5.32. The quantitative estimate of drug-likeness (QED) is 0.853. The molecule has 1 amide bonds. The zero-order valence-corrected chi connectivity index (χ0v) is 13.2. The SMILES string of the molecule is C[C@@H]1c2nc(C3CC3)nn2CCN1C(=O)c1ccc(Cl)s1. The summed E-state index contributed by atoms with van der Waals surface area (Å²) in [4.78, 5) is 19.8. The molecule has 5 nitrogen and oxygen atoms in total. The predicted molar refractivity (Wildman–Crippen MR) is 80.8 cm³/mol. The van der Waals surface area contributed by atoms with Crippen LogP contribution in [0.4, 0.5) is 0 Å². The van der Waals surface area contributed by atoms with E-state index in [4.69, 9.17) is 11.6 Å². The number of nitrogens with zero attached hydrogens (tertiary/aromatic N) is 4. The molecule has 1 fully saturated rings. The van der Waals surface area contributed by atoms with E-state index in [2.05, 4.69) is 10.1 Å². The number of thiophene rings is 1. The second-order valence-electron chi connectivity index (χ2n) is 5.60. The molecule has 0 unspecified atom stereocenters. The van der Waals surface area contributed by atoms with E-state index in [1.54, 1.807) is 12.1 Å². The van der Waals surface area contributed by atoms with Crippen molar-refractivity contribution < 1.29 is 4.79 Å². The molecule has 0 saturated heterocycles. The van der Waals surface area contributed by atoms with E-state index in [-0.39, 0.29) is 11.9 Å². The Morgan fingerprint density at radius 2 is 2.19 bits per heavy atom. The minimum absolute atomic E-state index is 0.0293. The zero-order chi connectivity index (χ0) is 14.6. The van der Waals surface area contributed by atoms with Gasteiger partial charge < -0.3 is 4.90 Å². The summed E-state index contributed by atoms with van der Waals surface area (Å²) in [7, 11) is 0. The van der Waals surface area contributed by atoms with E-state index in [9.17, 15) is 4.79 Å². The first-order valence-electron chi connectivity index (χ1n) is 7.14. The van der Waals surface area contributed by atoms with Gasteiger partial charge in [0.25, 0.3) is 5.91 Å². The molecule has 0 radical (unpaired) electrons. The molecule has 0 N–H and O–H groups in total. The number of fused-ring (bicyclic) bond motifs is 1. The molecular weight excluding hydrogens is 308 g/mol. The fraction of sp³-hybridized carbons (Fsp3) is 0.500. The Kier molecular flexibility index (Phi) is 3.04. The van der Waals surface area contributed by atoms with Crippen LogP contribution in [0, 0.1) is 0 Å². The molecule has 0 aromatic carbocycles. The van der Waals surface area contributed by atoms with E-state index < -0.39 is 0 Å². The summed E-state index contributed by atoms with van der Waals surface area (Å²) >= 11 is 7.25. The van der Waals surface area contributed by atoms with E-state index in [0.717, 1.165) is 11.6 Å². The maximum Gasteiger partial charge on any atom is 0.264 e. The molecule has 110 valence electrons. The fourth-order valence-electron chi connectivity index (χ4n) is 2.74. The molecule has 2 aromatic rings. The van der Waals surface area contributed by atoms with Gasteiger partial charge in [-0.2, -0.15) is 5.10 Å². The summed E-state index contributed by atoms with van der Waals surface area (Å²) in [6, 6.07) is 3.51. The topological polar surface area (TPSA) is 51.0 Å². The van der Waals surface area contributed by atoms with Crippen molar-refractivity contribution in [2.45, 2.75) is 38.3 Å². The Morgan fingerprint density at radius 3 is 2.86 bits per heavy atom. The van der Waals surface area contributed by atoms with Gasteiger partial charge in [0, 0.05) is 12.5 Å². The number of carbonyl (C=O) groups is 1. The van der Waals surface area contributed by atoms with Gasteiger partial charge in [0.2, 0.25) is 0 Å². The molecule has 7 heteroatoms. The monoisotopic (exact) mass is 322 g/mol. The van der Waals surface area contributed by atoms with Crippen molar-refractivity contribution in [2.75, 3.05) is 6.54 Å². The van der Waals surface area contributed by atoms with Gasteiger partial charge in [-0.05, 0) is 31.9 Å². The lowest BCUT2D eigenvalue weighted by Gasteiger charge is -2.32. The van der Waals surface area contributed by atoms with Gasteiger partial charge in [-0.1, -0.05) is 11.6 Å². The highest BCUT2D eigenvalue weighted by molar-refractivity contribution is 7.17. The van der Waals surface area contributed by atoms with Crippen LogP contribution in [0.3, 0.4) is 0 Å². The van der Waals surface area contributed by atoms with Crippen LogP contribution in [0.1, 0.15) is 53.0 Å². The van der Waals surface area contributed by atoms with Gasteiger partial charge in [0.1, 0.15) is 5.82 Å². The Balaban J connectivity index is 1.61. The minimum Gasteiger partial charge on any atom is -0.326 e. The van der Waals surface area contributed by atoms with Crippen LogP contribution < -0.4 is 0 Å². The molecule has 2 aliphatic rings. The summed E-state index contributed by atoms with van der Waals surface area (Å²) in [5.74, 6) is 2.42. The van der Waals surface area contributed by atoms with Crippen LogP contribution in [-0.2, 0) is 6.54 Å². The van der Waals surface area contributed by atoms with Gasteiger partial charge >= 0.3 is 0 Å². The molecule has 1 atom stereocenters. The first kappa shape index (κ1) is 13.3. The third-order valence-electron chi connectivity index (χ3n) is 4.10. The summed E-state index contributed by atoms with van der Waals surface area (Å²) in [6.07, 6.45) is 2.38. The van der Waals surface area contributed by atoms with E-state index in [1.807, 2.05) is 16.5 Å². The number of hydrogen-bond donors (Lipinski definition) is 0. The van der Waals surface area contributed by atoms with Crippen LogP contribution in [0.15, 0.2) is 12.1 Å². The van der Waals surface area contributed by atoms with Gasteiger partial charge in [-0.3, -0.25) is 4.79 Å². The van der Waals surface area contributed by atoms with Gasteiger partial charge in [0.15, 0.2) is 5.82 Å². The van der Waals surface area contributed by atoms with Crippen molar-refractivity contribution in [2.24, 2.45) is 0 Å². The maximum absolute atomic E-state index is 12.6. The van der Waals surface area contributed by atoms with Crippen molar-refractivity contribution >= 4 is 28.8 Å². The number of rotatable bonds is 2. The summed E-state index contributed by atoms with van der Waals surface area (Å²) < 4.78 is 2.60. The smallest absolute Gasteiger partial charge is 0.264 e. The van der Waals surface area contributed by atoms with E-state index >= 15 is 0 Å². The molecule has 0 bridgehead atoms. The molecule has 3 heterocycles. The van der Waals surface area contributed by atoms with Crippen molar-refractivity contribution in [1.29, 1.82) is 0 Å². The molecule has 4 rings (SSSR count). The lowest BCUT2D eigenvalue weighted by atomic mass is 10.2. The van der Waals surface area contributed by atoms with Crippen LogP contribution in [-0.4, -0.2) is 32.1 Å². The summed E-state index contributed by atoms with van der Waals surface area (Å²) in [5, 5.41) is 4.58. The first-order chi connectivity index (χ1) is 10.1. The number of amides is 1. The molecule has 0 spiro atoms. The highest BCUT2D eigenvalue weighted by atomic mass is 35.5. The van der Waals surface area contributed by atoms with Gasteiger partial charge in [-0.15, -0.1) is 11.3 Å². The van der Waals surface area contributed by atoms with Crippen molar-refractivity contribution in [3.05, 3.63) is 33.0 Å². The molecule has 1 aliphatic carbocycles. The maximum atomic E-state index is 12.6. The van der Waals surface area contributed by atoms with Crippen molar-refractivity contribution in [3.63, 3.8) is 0 Å². The molecule has 1 saturated carbocycles. The number of aromatic nitrogens is 3. The Labute approximate surface area is 131 Å². The third kappa shape index (κ3) is 2.26. The van der Waals surface area contributed by atoms with E-state index in [0.29, 0.717) is 28.2 Å². The predicted octanol–water partition coefficient (Wildman–Crippen LogP) is 3.09. The van der Waals surface area contributed by atoms with Crippen molar-refractivity contribution in [1.82, 2.24) is 19.7 Å². The summed E-state index contributed by atoms with van der Waals surface area (Å²) in [5.41, 5.74) is 0. The fourth-order valence-corrected chi connectivity index (χ4v) is 3.74. The largest absolute Gasteiger partial charge is 0.326 e. The van der Waals surface area contributed by atoms with Gasteiger partial charge in [-0.25, -0.2) is 9.67 Å². The lowest BCUT2D eigenvalue weighted by molar-refractivity contribution is 0.0636. The molecule has 21 heavy (non-hydrogen) atoms. The summed E-state index contributed by atoms with van der Waals surface area (Å²) in [6.45, 7) is 3.39. The average Bonchev–Trinajstić information content (AvgIpc) is 3.08. The lowest BCUT2D eigenvalue weighted by Crippen LogP contribution is -2.41. The van der Waals surface area contributed by atoms with Crippen LogP contribution in [0.25, 0.3) is 0 Å². The Morgan fingerprint density at radius 1 is 1.38 bits per heavy atom. The molecule has 1 aliphatic heterocycles.